The summed E-state index contributed by atoms with van der Waals surface area (Å²) in [5.41, 5.74) is 0.900. The summed E-state index contributed by atoms with van der Waals surface area (Å²) in [6.07, 6.45) is 2.23. The molecule has 0 unspecified atom stereocenters. The second-order valence-corrected chi connectivity index (χ2v) is 8.31. The van der Waals surface area contributed by atoms with Crippen LogP contribution in [0.1, 0.15) is 35.0 Å². The SMILES string of the molecule is CC1CCN(C(=O)COC(=O)[C@H](Cc2ccccc2)NC(=O)c2cccs2)CC1. The first-order valence-corrected chi connectivity index (χ1v) is 10.7. The van der Waals surface area contributed by atoms with Crippen molar-refractivity contribution in [2.45, 2.75) is 32.2 Å². The Morgan fingerprint density at radius 1 is 1.14 bits per heavy atom. The number of nitrogens with zero attached hydrogens (tertiary/aromatic N) is 1. The Labute approximate surface area is 174 Å². The van der Waals surface area contributed by atoms with Crippen molar-refractivity contribution >= 4 is 29.1 Å². The van der Waals surface area contributed by atoms with E-state index in [2.05, 4.69) is 12.2 Å². The Morgan fingerprint density at radius 2 is 1.86 bits per heavy atom. The number of hydrogen-bond acceptors (Lipinski definition) is 5. The molecular weight excluding hydrogens is 388 g/mol. The van der Waals surface area contributed by atoms with E-state index < -0.39 is 12.0 Å². The van der Waals surface area contributed by atoms with Gasteiger partial charge in [0, 0.05) is 19.5 Å². The number of amides is 2. The van der Waals surface area contributed by atoms with Crippen LogP contribution in [0, 0.1) is 5.92 Å². The van der Waals surface area contributed by atoms with Gasteiger partial charge in [0.15, 0.2) is 6.61 Å². The molecule has 0 bridgehead atoms. The molecule has 1 saturated heterocycles. The Morgan fingerprint density at radius 3 is 2.52 bits per heavy atom. The molecule has 29 heavy (non-hydrogen) atoms. The van der Waals surface area contributed by atoms with Gasteiger partial charge >= 0.3 is 5.97 Å². The van der Waals surface area contributed by atoms with Gasteiger partial charge in [0.1, 0.15) is 6.04 Å². The predicted molar refractivity (Wildman–Crippen MR) is 112 cm³/mol. The largest absolute Gasteiger partial charge is 0.454 e. The molecule has 1 aromatic carbocycles. The Kier molecular flexibility index (Phi) is 7.41. The van der Waals surface area contributed by atoms with Crippen molar-refractivity contribution in [3.63, 3.8) is 0 Å². The lowest BCUT2D eigenvalue weighted by Gasteiger charge is -2.30. The van der Waals surface area contributed by atoms with Crippen LogP contribution in [0.5, 0.6) is 0 Å². The minimum atomic E-state index is -0.860. The number of esters is 1. The highest BCUT2D eigenvalue weighted by molar-refractivity contribution is 7.12. The van der Waals surface area contributed by atoms with Gasteiger partial charge in [0.25, 0.3) is 11.8 Å². The second-order valence-electron chi connectivity index (χ2n) is 7.36. The summed E-state index contributed by atoms with van der Waals surface area (Å²) >= 11 is 1.30. The van der Waals surface area contributed by atoms with Crippen LogP contribution in [-0.4, -0.2) is 48.4 Å². The molecule has 3 rings (SSSR count). The van der Waals surface area contributed by atoms with E-state index in [-0.39, 0.29) is 18.4 Å². The van der Waals surface area contributed by atoms with E-state index in [9.17, 15) is 14.4 Å². The zero-order valence-corrected chi connectivity index (χ0v) is 17.3. The zero-order valence-electron chi connectivity index (χ0n) is 16.5. The summed E-state index contributed by atoms with van der Waals surface area (Å²) in [4.78, 5) is 39.8. The summed E-state index contributed by atoms with van der Waals surface area (Å²) in [7, 11) is 0. The Hall–Kier alpha value is -2.67. The zero-order chi connectivity index (χ0) is 20.6. The molecule has 1 fully saturated rings. The van der Waals surface area contributed by atoms with Gasteiger partial charge in [-0.25, -0.2) is 4.79 Å². The average Bonchev–Trinajstić information content (AvgIpc) is 3.27. The molecule has 2 heterocycles. The normalized spacial score (nSPS) is 15.6. The summed E-state index contributed by atoms with van der Waals surface area (Å²) in [5, 5.41) is 4.55. The van der Waals surface area contributed by atoms with Gasteiger partial charge in [-0.1, -0.05) is 43.3 Å². The fourth-order valence-electron chi connectivity index (χ4n) is 3.26. The fourth-order valence-corrected chi connectivity index (χ4v) is 3.89. The number of thiophene rings is 1. The van der Waals surface area contributed by atoms with E-state index >= 15 is 0 Å². The van der Waals surface area contributed by atoms with Crippen LogP contribution in [0.4, 0.5) is 0 Å². The van der Waals surface area contributed by atoms with Gasteiger partial charge in [0.2, 0.25) is 0 Å². The molecule has 154 valence electrons. The number of piperidine rings is 1. The second kappa shape index (κ2) is 10.2. The number of ether oxygens (including phenoxy) is 1. The number of likely N-dealkylation sites (tertiary alicyclic amines) is 1. The van der Waals surface area contributed by atoms with E-state index in [1.807, 2.05) is 30.3 Å². The lowest BCUT2D eigenvalue weighted by atomic mass is 9.99. The smallest absolute Gasteiger partial charge is 0.329 e. The third-order valence-electron chi connectivity index (χ3n) is 5.09. The lowest BCUT2D eigenvalue weighted by Crippen LogP contribution is -2.45. The minimum absolute atomic E-state index is 0.187. The highest BCUT2D eigenvalue weighted by Crippen LogP contribution is 2.16. The summed E-state index contributed by atoms with van der Waals surface area (Å²) < 4.78 is 5.30. The predicted octanol–water partition coefficient (Wildman–Crippen LogP) is 2.89. The fraction of sp³-hybridized carbons (Fsp3) is 0.409. The van der Waals surface area contributed by atoms with Crippen LogP contribution in [0.2, 0.25) is 0 Å². The van der Waals surface area contributed by atoms with E-state index in [1.54, 1.807) is 22.4 Å². The van der Waals surface area contributed by atoms with E-state index in [0.717, 1.165) is 18.4 Å². The molecule has 1 aliphatic heterocycles. The summed E-state index contributed by atoms with van der Waals surface area (Å²) in [5.74, 6) is -0.496. The molecule has 0 radical (unpaired) electrons. The van der Waals surface area contributed by atoms with E-state index in [4.69, 9.17) is 4.74 Å². The number of carbonyl (C=O) groups is 3. The summed E-state index contributed by atoms with van der Waals surface area (Å²) in [6.45, 7) is 3.26. The number of carbonyl (C=O) groups excluding carboxylic acids is 3. The molecule has 1 atom stereocenters. The van der Waals surface area contributed by atoms with E-state index in [0.29, 0.717) is 30.3 Å². The van der Waals surface area contributed by atoms with Gasteiger partial charge in [0.05, 0.1) is 4.88 Å². The van der Waals surface area contributed by atoms with Crippen molar-refractivity contribution in [2.75, 3.05) is 19.7 Å². The quantitative estimate of drug-likeness (QED) is 0.707. The molecule has 2 aromatic rings. The molecule has 7 heteroatoms. The van der Waals surface area contributed by atoms with Crippen LogP contribution in [0.15, 0.2) is 47.8 Å². The van der Waals surface area contributed by atoms with Crippen molar-refractivity contribution in [3.8, 4) is 0 Å². The topological polar surface area (TPSA) is 75.7 Å². The van der Waals surface area contributed by atoms with Crippen LogP contribution in [-0.2, 0) is 20.7 Å². The maximum absolute atomic E-state index is 12.7. The van der Waals surface area contributed by atoms with Crippen LogP contribution >= 0.6 is 11.3 Å². The van der Waals surface area contributed by atoms with Crippen molar-refractivity contribution in [2.24, 2.45) is 5.92 Å². The first kappa shape index (κ1) is 21.0. The standard InChI is InChI=1S/C22H26N2O4S/c1-16-9-11-24(12-10-16)20(25)15-28-22(27)18(14-17-6-3-2-4-7-17)23-21(26)19-8-5-13-29-19/h2-8,13,16,18H,9-12,14-15H2,1H3,(H,23,26)/t18-/m0/s1. The highest BCUT2D eigenvalue weighted by Gasteiger charge is 2.26. The maximum Gasteiger partial charge on any atom is 0.329 e. The molecule has 1 aromatic heterocycles. The third kappa shape index (κ3) is 6.15. The highest BCUT2D eigenvalue weighted by atomic mass is 32.1. The van der Waals surface area contributed by atoms with Crippen molar-refractivity contribution in [1.82, 2.24) is 10.2 Å². The molecule has 6 nitrogen and oxygen atoms in total. The molecule has 0 spiro atoms. The number of benzene rings is 1. The maximum atomic E-state index is 12.7. The van der Waals surface area contributed by atoms with E-state index in [1.165, 1.54) is 11.3 Å². The molecule has 0 aliphatic carbocycles. The molecular formula is C22H26N2O4S. The number of hydrogen-bond donors (Lipinski definition) is 1. The monoisotopic (exact) mass is 414 g/mol. The van der Waals surface area contributed by atoms with Crippen LogP contribution in [0.3, 0.4) is 0 Å². The van der Waals surface area contributed by atoms with Gasteiger partial charge in [-0.15, -0.1) is 11.3 Å². The average molecular weight is 415 g/mol. The van der Waals surface area contributed by atoms with Crippen molar-refractivity contribution in [1.29, 1.82) is 0 Å². The minimum Gasteiger partial charge on any atom is -0.454 e. The first-order valence-electron chi connectivity index (χ1n) is 9.85. The lowest BCUT2D eigenvalue weighted by molar-refractivity contribution is -0.154. The van der Waals surface area contributed by atoms with Gasteiger partial charge in [-0.2, -0.15) is 0 Å². The van der Waals surface area contributed by atoms with Crippen molar-refractivity contribution in [3.05, 3.63) is 58.3 Å². The molecule has 2 amide bonds. The van der Waals surface area contributed by atoms with Crippen molar-refractivity contribution < 1.29 is 19.1 Å². The molecule has 1 N–H and O–H groups in total. The number of rotatable bonds is 7. The Balaban J connectivity index is 1.60. The van der Waals surface area contributed by atoms with Gasteiger partial charge < -0.3 is 15.0 Å². The number of nitrogens with one attached hydrogen (secondary N) is 1. The Bertz CT molecular complexity index is 815. The van der Waals surface area contributed by atoms with Crippen LogP contribution < -0.4 is 5.32 Å². The molecule has 1 aliphatic rings. The van der Waals surface area contributed by atoms with Gasteiger partial charge in [-0.05, 0) is 35.8 Å². The molecule has 0 saturated carbocycles. The van der Waals surface area contributed by atoms with Crippen LogP contribution in [0.25, 0.3) is 0 Å². The first-order chi connectivity index (χ1) is 14.0. The third-order valence-corrected chi connectivity index (χ3v) is 5.96. The summed E-state index contributed by atoms with van der Waals surface area (Å²) in [6, 6.07) is 12.0. The van der Waals surface area contributed by atoms with Gasteiger partial charge in [-0.3, -0.25) is 9.59 Å².